The number of benzene rings is 1. The molecular weight excluding hydrogens is 372 g/mol. The first-order chi connectivity index (χ1) is 12.7. The molecule has 1 heterocycles. The molecule has 1 fully saturated rings. The van der Waals surface area contributed by atoms with Gasteiger partial charge >= 0.3 is 5.97 Å². The molecule has 0 unspecified atom stereocenters. The summed E-state index contributed by atoms with van der Waals surface area (Å²) in [5, 5.41) is 11.5. The number of nitrogens with one attached hydrogen (secondary N) is 1. The summed E-state index contributed by atoms with van der Waals surface area (Å²) < 4.78 is 23.3. The van der Waals surface area contributed by atoms with Crippen molar-refractivity contribution in [3.8, 4) is 0 Å². The standard InChI is InChI=1S/C18H24N2O6S/c1-2-11-27(25,26)12-16(21)19-15-5-3-13(4-6-15)17(22)20-9-7-14(8-10-20)18(23)24/h3-6,14H,2,7-12H2,1H3,(H,19,21)(H,23,24). The summed E-state index contributed by atoms with van der Waals surface area (Å²) in [7, 11) is -3.41. The van der Waals surface area contributed by atoms with Gasteiger partial charge in [-0.15, -0.1) is 0 Å². The molecule has 2 N–H and O–H groups in total. The zero-order valence-corrected chi connectivity index (χ0v) is 16.0. The van der Waals surface area contributed by atoms with Gasteiger partial charge in [0.15, 0.2) is 9.84 Å². The maximum absolute atomic E-state index is 12.5. The molecule has 9 heteroatoms. The van der Waals surface area contributed by atoms with Crippen molar-refractivity contribution in [2.75, 3.05) is 29.9 Å². The number of anilines is 1. The molecule has 0 bridgehead atoms. The molecule has 0 radical (unpaired) electrons. The Morgan fingerprint density at radius 3 is 2.26 bits per heavy atom. The van der Waals surface area contributed by atoms with E-state index in [0.29, 0.717) is 43.6 Å². The van der Waals surface area contributed by atoms with Crippen LogP contribution in [-0.4, -0.2) is 60.8 Å². The number of rotatable bonds is 7. The Hall–Kier alpha value is -2.42. The third kappa shape index (κ3) is 6.06. The normalized spacial score (nSPS) is 15.4. The Kier molecular flexibility index (Phi) is 6.95. The zero-order valence-electron chi connectivity index (χ0n) is 15.2. The van der Waals surface area contributed by atoms with Crippen molar-refractivity contribution in [2.24, 2.45) is 5.92 Å². The number of nitrogens with zero attached hydrogens (tertiary/aromatic N) is 1. The number of carbonyl (C=O) groups is 3. The number of amides is 2. The van der Waals surface area contributed by atoms with E-state index in [1.807, 2.05) is 0 Å². The van der Waals surface area contributed by atoms with E-state index < -0.39 is 33.4 Å². The van der Waals surface area contributed by atoms with E-state index in [1.54, 1.807) is 36.1 Å². The molecule has 0 aliphatic carbocycles. The van der Waals surface area contributed by atoms with Crippen LogP contribution in [0.4, 0.5) is 5.69 Å². The number of carbonyl (C=O) groups excluding carboxylic acids is 2. The smallest absolute Gasteiger partial charge is 0.306 e. The topological polar surface area (TPSA) is 121 Å². The Labute approximate surface area is 158 Å². The Morgan fingerprint density at radius 2 is 1.74 bits per heavy atom. The first-order valence-corrected chi connectivity index (χ1v) is 10.7. The van der Waals surface area contributed by atoms with Gasteiger partial charge in [0.2, 0.25) is 5.91 Å². The fraction of sp³-hybridized carbons (Fsp3) is 0.500. The molecule has 1 aromatic rings. The lowest BCUT2D eigenvalue weighted by Gasteiger charge is -2.30. The number of likely N-dealkylation sites (tertiary alicyclic amines) is 1. The first kappa shape index (κ1) is 20.9. The van der Waals surface area contributed by atoms with Gasteiger partial charge in [0.1, 0.15) is 5.75 Å². The molecular formula is C18H24N2O6S. The fourth-order valence-electron chi connectivity index (χ4n) is 2.99. The van der Waals surface area contributed by atoms with Crippen LogP contribution in [0.3, 0.4) is 0 Å². The van der Waals surface area contributed by atoms with Crippen LogP contribution in [0.15, 0.2) is 24.3 Å². The highest BCUT2D eigenvalue weighted by Crippen LogP contribution is 2.20. The molecule has 27 heavy (non-hydrogen) atoms. The summed E-state index contributed by atoms with van der Waals surface area (Å²) in [4.78, 5) is 36.9. The van der Waals surface area contributed by atoms with E-state index in [9.17, 15) is 22.8 Å². The molecule has 0 atom stereocenters. The minimum Gasteiger partial charge on any atom is -0.481 e. The molecule has 0 saturated carbocycles. The SMILES string of the molecule is CCCS(=O)(=O)CC(=O)Nc1ccc(C(=O)N2CCC(C(=O)O)CC2)cc1. The lowest BCUT2D eigenvalue weighted by Crippen LogP contribution is -2.40. The third-order valence-corrected chi connectivity index (χ3v) is 6.15. The summed E-state index contributed by atoms with van der Waals surface area (Å²) in [6, 6.07) is 6.20. The number of hydrogen-bond acceptors (Lipinski definition) is 5. The van der Waals surface area contributed by atoms with Gasteiger partial charge in [0.05, 0.1) is 11.7 Å². The maximum atomic E-state index is 12.5. The lowest BCUT2D eigenvalue weighted by molar-refractivity contribution is -0.143. The Bertz CT molecular complexity index is 796. The van der Waals surface area contributed by atoms with Crippen molar-refractivity contribution in [2.45, 2.75) is 26.2 Å². The van der Waals surface area contributed by atoms with Gasteiger partial charge in [-0.3, -0.25) is 14.4 Å². The van der Waals surface area contributed by atoms with Gasteiger partial charge in [-0.05, 0) is 43.5 Å². The molecule has 0 aromatic heterocycles. The van der Waals surface area contributed by atoms with E-state index in [1.165, 1.54) is 0 Å². The monoisotopic (exact) mass is 396 g/mol. The zero-order chi connectivity index (χ0) is 20.0. The van der Waals surface area contributed by atoms with Crippen LogP contribution in [0.25, 0.3) is 0 Å². The molecule has 1 aliphatic heterocycles. The summed E-state index contributed by atoms with van der Waals surface area (Å²) in [6.07, 6.45) is 1.32. The molecule has 1 aromatic carbocycles. The number of sulfone groups is 1. The highest BCUT2D eigenvalue weighted by atomic mass is 32.2. The first-order valence-electron chi connectivity index (χ1n) is 8.84. The second-order valence-corrected chi connectivity index (χ2v) is 8.81. The van der Waals surface area contributed by atoms with Crippen LogP contribution in [-0.2, 0) is 19.4 Å². The van der Waals surface area contributed by atoms with Crippen molar-refractivity contribution in [3.63, 3.8) is 0 Å². The van der Waals surface area contributed by atoms with Crippen molar-refractivity contribution in [1.82, 2.24) is 4.90 Å². The minimum absolute atomic E-state index is 0.0353. The molecule has 2 amide bonds. The quantitative estimate of drug-likeness (QED) is 0.718. The largest absolute Gasteiger partial charge is 0.481 e. The van der Waals surface area contributed by atoms with Crippen LogP contribution >= 0.6 is 0 Å². The number of hydrogen-bond donors (Lipinski definition) is 2. The van der Waals surface area contributed by atoms with E-state index in [0.717, 1.165) is 0 Å². The van der Waals surface area contributed by atoms with Crippen molar-refractivity contribution >= 4 is 33.3 Å². The Morgan fingerprint density at radius 1 is 1.15 bits per heavy atom. The van der Waals surface area contributed by atoms with E-state index in [4.69, 9.17) is 5.11 Å². The van der Waals surface area contributed by atoms with Gasteiger partial charge in [-0.25, -0.2) is 8.42 Å². The second-order valence-electron chi connectivity index (χ2n) is 6.62. The van der Waals surface area contributed by atoms with Crippen molar-refractivity contribution < 1.29 is 27.9 Å². The van der Waals surface area contributed by atoms with Crippen LogP contribution < -0.4 is 5.32 Å². The van der Waals surface area contributed by atoms with Crippen LogP contribution in [0.1, 0.15) is 36.5 Å². The molecule has 148 valence electrons. The summed E-state index contributed by atoms with van der Waals surface area (Å²) in [5.74, 6) is -2.65. The summed E-state index contributed by atoms with van der Waals surface area (Å²) in [6.45, 7) is 2.52. The van der Waals surface area contributed by atoms with Gasteiger partial charge in [-0.2, -0.15) is 0 Å². The molecule has 0 spiro atoms. The predicted octanol–water partition coefficient (Wildman–Crippen LogP) is 1.39. The molecule has 1 saturated heterocycles. The second kappa shape index (κ2) is 8.98. The van der Waals surface area contributed by atoms with Gasteiger partial charge in [0, 0.05) is 24.3 Å². The minimum atomic E-state index is -3.41. The summed E-state index contributed by atoms with van der Waals surface area (Å²) >= 11 is 0. The third-order valence-electron chi connectivity index (χ3n) is 4.41. The van der Waals surface area contributed by atoms with E-state index in [2.05, 4.69) is 5.32 Å². The van der Waals surface area contributed by atoms with Gasteiger partial charge in [-0.1, -0.05) is 6.92 Å². The van der Waals surface area contributed by atoms with Gasteiger partial charge < -0.3 is 15.3 Å². The predicted molar refractivity (Wildman–Crippen MR) is 100 cm³/mol. The number of piperidine rings is 1. The average Bonchev–Trinajstić information content (AvgIpc) is 2.61. The highest BCUT2D eigenvalue weighted by molar-refractivity contribution is 7.92. The number of aliphatic carboxylic acids is 1. The highest BCUT2D eigenvalue weighted by Gasteiger charge is 2.27. The lowest BCUT2D eigenvalue weighted by atomic mass is 9.96. The summed E-state index contributed by atoms with van der Waals surface area (Å²) in [5.41, 5.74) is 0.841. The average molecular weight is 396 g/mol. The van der Waals surface area contributed by atoms with Crippen molar-refractivity contribution in [3.05, 3.63) is 29.8 Å². The molecule has 8 nitrogen and oxygen atoms in total. The van der Waals surface area contributed by atoms with Crippen molar-refractivity contribution in [1.29, 1.82) is 0 Å². The van der Waals surface area contributed by atoms with Crippen LogP contribution in [0.5, 0.6) is 0 Å². The molecule has 1 aliphatic rings. The van der Waals surface area contributed by atoms with E-state index >= 15 is 0 Å². The maximum Gasteiger partial charge on any atom is 0.306 e. The number of carboxylic acids is 1. The van der Waals surface area contributed by atoms with Crippen LogP contribution in [0.2, 0.25) is 0 Å². The molecule has 2 rings (SSSR count). The Balaban J connectivity index is 1.92. The number of carboxylic acid groups (broad SMARTS) is 1. The van der Waals surface area contributed by atoms with Gasteiger partial charge in [0.25, 0.3) is 5.91 Å². The fourth-order valence-corrected chi connectivity index (χ4v) is 4.23. The van der Waals surface area contributed by atoms with E-state index in [-0.39, 0.29) is 11.7 Å². The van der Waals surface area contributed by atoms with Crippen LogP contribution in [0, 0.1) is 5.92 Å².